The highest BCUT2D eigenvalue weighted by molar-refractivity contribution is 7.92. The van der Waals surface area contributed by atoms with Crippen LogP contribution < -0.4 is 15.6 Å². The fraction of sp³-hybridized carbons (Fsp3) is 0.148. The third-order valence-corrected chi connectivity index (χ3v) is 8.06. The van der Waals surface area contributed by atoms with Crippen molar-refractivity contribution in [1.29, 1.82) is 0 Å². The van der Waals surface area contributed by atoms with Crippen LogP contribution in [0.3, 0.4) is 0 Å². The average molecular weight is 603 g/mol. The molecule has 4 aromatic rings. The van der Waals surface area contributed by atoms with Gasteiger partial charge in [-0.05, 0) is 62.4 Å². The molecule has 4 rings (SSSR count). The molecule has 0 fully saturated rings. The number of ether oxygens (including phenoxy) is 1. The number of nitrogens with one attached hydrogen (secondary N) is 2. The van der Waals surface area contributed by atoms with E-state index in [4.69, 9.17) is 27.9 Å². The molecule has 0 aliphatic heterocycles. The number of para-hydroxylation sites is 1. The zero-order valence-electron chi connectivity index (χ0n) is 21.5. The maximum atomic E-state index is 13.3. The molecular weight excluding hydrogens is 579 g/mol. The molecule has 10 nitrogen and oxygen atoms in total. The molecule has 1 aromatic heterocycles. The van der Waals surface area contributed by atoms with E-state index in [1.165, 1.54) is 34.5 Å². The summed E-state index contributed by atoms with van der Waals surface area (Å²) in [5.41, 5.74) is 0.360. The molecule has 1 amide bonds. The molecule has 0 saturated heterocycles. The van der Waals surface area contributed by atoms with Crippen molar-refractivity contribution in [2.45, 2.75) is 24.8 Å². The van der Waals surface area contributed by atoms with Crippen molar-refractivity contribution >= 4 is 56.5 Å². The zero-order chi connectivity index (χ0) is 29.2. The first-order valence-electron chi connectivity index (χ1n) is 11.8. The first kappa shape index (κ1) is 28.9. The van der Waals surface area contributed by atoms with Crippen LogP contribution in [0.2, 0.25) is 10.0 Å². The van der Waals surface area contributed by atoms with Crippen molar-refractivity contribution in [3.05, 3.63) is 104 Å². The molecule has 208 valence electrons. The molecule has 40 heavy (non-hydrogen) atoms. The zero-order valence-corrected chi connectivity index (χ0v) is 23.8. The number of carbonyl (C=O) groups excluding carboxylic acids is 2. The summed E-state index contributed by atoms with van der Waals surface area (Å²) in [7, 11) is -2.81. The molecule has 0 bridgehead atoms. The molecule has 0 saturated carbocycles. The Morgan fingerprint density at radius 2 is 1.68 bits per heavy atom. The number of benzene rings is 3. The molecule has 0 unspecified atom stereocenters. The number of hydrogen-bond donors (Lipinski definition) is 2. The van der Waals surface area contributed by atoms with E-state index in [-0.39, 0.29) is 16.3 Å². The predicted molar refractivity (Wildman–Crippen MR) is 153 cm³/mol. The number of sulfonamides is 1. The number of nitrogens with zero attached hydrogens (tertiary/aromatic N) is 2. The third-order valence-electron chi connectivity index (χ3n) is 5.99. The minimum absolute atomic E-state index is 0.168. The van der Waals surface area contributed by atoms with E-state index in [1.54, 1.807) is 62.5 Å². The summed E-state index contributed by atoms with van der Waals surface area (Å²) in [6.07, 6.45) is -1.22. The quantitative estimate of drug-likeness (QED) is 0.279. The lowest BCUT2D eigenvalue weighted by atomic mass is 10.2. The van der Waals surface area contributed by atoms with Crippen molar-refractivity contribution in [2.24, 2.45) is 7.05 Å². The van der Waals surface area contributed by atoms with Gasteiger partial charge in [-0.1, -0.05) is 47.5 Å². The molecule has 0 radical (unpaired) electrons. The molecule has 0 aliphatic carbocycles. The van der Waals surface area contributed by atoms with Gasteiger partial charge in [0.1, 0.15) is 10.6 Å². The highest BCUT2D eigenvalue weighted by Gasteiger charge is 2.26. The summed E-state index contributed by atoms with van der Waals surface area (Å²) >= 11 is 12.1. The van der Waals surface area contributed by atoms with E-state index in [0.717, 1.165) is 6.07 Å². The van der Waals surface area contributed by atoms with Crippen LogP contribution in [-0.4, -0.2) is 35.8 Å². The van der Waals surface area contributed by atoms with Gasteiger partial charge < -0.3 is 10.1 Å². The van der Waals surface area contributed by atoms with E-state index in [1.807, 2.05) is 0 Å². The van der Waals surface area contributed by atoms with Gasteiger partial charge >= 0.3 is 5.97 Å². The Morgan fingerprint density at radius 1 is 0.975 bits per heavy atom. The van der Waals surface area contributed by atoms with Crippen molar-refractivity contribution in [3.8, 4) is 5.69 Å². The number of aromatic nitrogens is 2. The van der Waals surface area contributed by atoms with Crippen LogP contribution in [0, 0.1) is 6.92 Å². The Labute approximate surface area is 240 Å². The topological polar surface area (TPSA) is 128 Å². The molecule has 3 aromatic carbocycles. The Balaban J connectivity index is 1.56. The second kappa shape index (κ2) is 11.6. The smallest absolute Gasteiger partial charge is 0.338 e. The largest absolute Gasteiger partial charge is 0.449 e. The molecule has 2 N–H and O–H groups in total. The maximum Gasteiger partial charge on any atom is 0.338 e. The summed E-state index contributed by atoms with van der Waals surface area (Å²) in [6, 6.07) is 18.6. The highest BCUT2D eigenvalue weighted by atomic mass is 35.5. The summed E-state index contributed by atoms with van der Waals surface area (Å²) in [5.74, 6) is -1.57. The maximum absolute atomic E-state index is 13.3. The van der Waals surface area contributed by atoms with Crippen molar-refractivity contribution in [2.75, 3.05) is 10.0 Å². The number of anilines is 2. The van der Waals surface area contributed by atoms with E-state index in [9.17, 15) is 22.8 Å². The first-order valence-corrected chi connectivity index (χ1v) is 14.1. The molecule has 1 heterocycles. The Bertz CT molecular complexity index is 1770. The summed E-state index contributed by atoms with van der Waals surface area (Å²) < 4.78 is 37.1. The number of esters is 1. The van der Waals surface area contributed by atoms with Crippen LogP contribution in [0.1, 0.15) is 23.0 Å². The molecule has 1 atom stereocenters. The predicted octanol–water partition coefficient (Wildman–Crippen LogP) is 4.78. The van der Waals surface area contributed by atoms with E-state index in [0.29, 0.717) is 22.1 Å². The van der Waals surface area contributed by atoms with Crippen LogP contribution in [-0.2, 0) is 26.6 Å². The second-order valence-corrected chi connectivity index (χ2v) is 11.2. The normalized spacial score (nSPS) is 12.0. The van der Waals surface area contributed by atoms with Gasteiger partial charge in [-0.15, -0.1) is 0 Å². The fourth-order valence-corrected chi connectivity index (χ4v) is 5.64. The SMILES string of the molecule is Cc1c(NS(=O)(=O)c2cc(C(=O)O[C@@H](C)C(=O)Nc3cccc(Cl)c3)ccc2Cl)c(=O)n(-c2ccccc2)n1C. The number of rotatable bonds is 8. The van der Waals surface area contributed by atoms with Crippen molar-refractivity contribution in [3.63, 3.8) is 0 Å². The summed E-state index contributed by atoms with van der Waals surface area (Å²) in [4.78, 5) is 38.0. The molecular formula is C27H24Cl2N4O6S. The van der Waals surface area contributed by atoms with E-state index < -0.39 is 38.5 Å². The lowest BCUT2D eigenvalue weighted by Crippen LogP contribution is -2.30. The van der Waals surface area contributed by atoms with Gasteiger partial charge in [-0.2, -0.15) is 0 Å². The Kier molecular flexibility index (Phi) is 8.38. The third kappa shape index (κ3) is 6.06. The van der Waals surface area contributed by atoms with Crippen molar-refractivity contribution < 1.29 is 22.7 Å². The average Bonchev–Trinajstić information content (AvgIpc) is 3.11. The van der Waals surface area contributed by atoms with Crippen LogP contribution in [0.4, 0.5) is 11.4 Å². The van der Waals surface area contributed by atoms with Crippen LogP contribution in [0.15, 0.2) is 82.5 Å². The van der Waals surface area contributed by atoms with Gasteiger partial charge in [0, 0.05) is 17.8 Å². The van der Waals surface area contributed by atoms with Gasteiger partial charge in [0.05, 0.1) is 22.0 Å². The molecule has 0 aliphatic rings. The van der Waals surface area contributed by atoms with Crippen LogP contribution in [0.25, 0.3) is 5.69 Å². The molecule has 13 heteroatoms. The van der Waals surface area contributed by atoms with Gasteiger partial charge in [0.15, 0.2) is 6.10 Å². The lowest BCUT2D eigenvalue weighted by Gasteiger charge is -2.14. The number of halogens is 2. The standard InChI is InChI=1S/C27H24Cl2N4O6S/c1-16-24(26(35)33(32(16)3)21-10-5-4-6-11-21)31-40(37,38)23-14-18(12-13-22(23)29)27(36)39-17(2)25(34)30-20-9-7-8-19(28)15-20/h4-15,17,31H,1-3H3,(H,30,34)/t17-/m0/s1. The van der Waals surface area contributed by atoms with Gasteiger partial charge in [-0.25, -0.2) is 17.9 Å². The summed E-state index contributed by atoms with van der Waals surface area (Å²) in [6.45, 7) is 2.95. The number of hydrogen-bond acceptors (Lipinski definition) is 6. The highest BCUT2D eigenvalue weighted by Crippen LogP contribution is 2.26. The lowest BCUT2D eigenvalue weighted by molar-refractivity contribution is -0.123. The Hall–Kier alpha value is -4.06. The number of carbonyl (C=O) groups is 2. The van der Waals surface area contributed by atoms with Gasteiger partial charge in [0.2, 0.25) is 0 Å². The van der Waals surface area contributed by atoms with Crippen LogP contribution in [0.5, 0.6) is 0 Å². The minimum atomic E-state index is -4.43. The first-order chi connectivity index (χ1) is 18.9. The van der Waals surface area contributed by atoms with Crippen molar-refractivity contribution in [1.82, 2.24) is 9.36 Å². The monoisotopic (exact) mass is 602 g/mol. The summed E-state index contributed by atoms with van der Waals surface area (Å²) in [5, 5.41) is 2.80. The Morgan fingerprint density at radius 3 is 2.35 bits per heavy atom. The van der Waals surface area contributed by atoms with Crippen LogP contribution >= 0.6 is 23.2 Å². The minimum Gasteiger partial charge on any atom is -0.449 e. The molecule has 0 spiro atoms. The van der Waals surface area contributed by atoms with Gasteiger partial charge in [-0.3, -0.25) is 19.0 Å². The second-order valence-electron chi connectivity index (χ2n) is 8.73. The van der Waals surface area contributed by atoms with E-state index in [2.05, 4.69) is 10.0 Å². The van der Waals surface area contributed by atoms with E-state index >= 15 is 0 Å². The van der Waals surface area contributed by atoms with Gasteiger partial charge in [0.25, 0.3) is 21.5 Å². The number of amides is 1. The fourth-order valence-electron chi connectivity index (χ4n) is 3.80.